The maximum absolute atomic E-state index is 11.4. The van der Waals surface area contributed by atoms with Gasteiger partial charge < -0.3 is 11.1 Å². The average Bonchev–Trinajstić information content (AvgIpc) is 2.27. The number of nitrogens with two attached hydrogens (primary N) is 1. The van der Waals surface area contributed by atoms with Crippen molar-refractivity contribution in [1.29, 1.82) is 0 Å². The second-order valence-corrected chi connectivity index (χ2v) is 3.52. The Morgan fingerprint density at radius 1 is 1.25 bits per heavy atom. The van der Waals surface area contributed by atoms with E-state index < -0.39 is 0 Å². The van der Waals surface area contributed by atoms with Crippen molar-refractivity contribution in [2.24, 2.45) is 5.73 Å². The number of carbonyl (C=O) groups is 2. The summed E-state index contributed by atoms with van der Waals surface area (Å²) in [6.07, 6.45) is 0.950. The number of hydrogen-bond acceptors (Lipinski definition) is 2. The minimum Gasteiger partial charge on any atom is -0.370 e. The first kappa shape index (κ1) is 12.2. The molecule has 4 heteroatoms. The van der Waals surface area contributed by atoms with Crippen molar-refractivity contribution in [3.8, 4) is 0 Å². The summed E-state index contributed by atoms with van der Waals surface area (Å²) in [5, 5.41) is 2.72. The smallest absolute Gasteiger partial charge is 0.251 e. The normalized spacial score (nSPS) is 9.81. The second kappa shape index (κ2) is 5.90. The van der Waals surface area contributed by atoms with Crippen LogP contribution in [0.25, 0.3) is 0 Å². The Hall–Kier alpha value is -1.84. The third-order valence-corrected chi connectivity index (χ3v) is 2.21. The Kier molecular flexibility index (Phi) is 4.51. The van der Waals surface area contributed by atoms with Crippen molar-refractivity contribution in [2.45, 2.75) is 19.8 Å². The Labute approximate surface area is 94.8 Å². The summed E-state index contributed by atoms with van der Waals surface area (Å²) in [4.78, 5) is 22.0. The van der Waals surface area contributed by atoms with Gasteiger partial charge in [-0.1, -0.05) is 12.1 Å². The van der Waals surface area contributed by atoms with Gasteiger partial charge in [0.2, 0.25) is 5.91 Å². The van der Waals surface area contributed by atoms with Crippen LogP contribution in [-0.4, -0.2) is 18.4 Å². The van der Waals surface area contributed by atoms with Crippen molar-refractivity contribution in [3.63, 3.8) is 0 Å². The number of nitrogens with one attached hydrogen (secondary N) is 1. The fourth-order valence-electron chi connectivity index (χ4n) is 1.35. The predicted octanol–water partition coefficient (Wildman–Crippen LogP) is 0.854. The third kappa shape index (κ3) is 3.73. The van der Waals surface area contributed by atoms with E-state index in [0.717, 1.165) is 5.56 Å². The van der Waals surface area contributed by atoms with Gasteiger partial charge in [0.05, 0.1) is 0 Å². The number of rotatable bonds is 5. The van der Waals surface area contributed by atoms with Gasteiger partial charge in [-0.3, -0.25) is 9.59 Å². The molecule has 0 aliphatic heterocycles. The first-order valence-electron chi connectivity index (χ1n) is 5.29. The van der Waals surface area contributed by atoms with Crippen LogP contribution in [0, 0.1) is 0 Å². The van der Waals surface area contributed by atoms with Gasteiger partial charge in [0.25, 0.3) is 5.91 Å². The highest BCUT2D eigenvalue weighted by atomic mass is 16.1. The summed E-state index contributed by atoms with van der Waals surface area (Å²) in [5.41, 5.74) is 6.69. The lowest BCUT2D eigenvalue weighted by Crippen LogP contribution is -2.22. The lowest BCUT2D eigenvalue weighted by atomic mass is 10.1. The SMILES string of the molecule is CCNC(=O)c1ccc(CCC(N)=O)cc1. The van der Waals surface area contributed by atoms with E-state index >= 15 is 0 Å². The minimum atomic E-state index is -0.312. The van der Waals surface area contributed by atoms with E-state index in [-0.39, 0.29) is 11.8 Å². The molecule has 0 heterocycles. The predicted molar refractivity (Wildman–Crippen MR) is 62.0 cm³/mol. The fourth-order valence-corrected chi connectivity index (χ4v) is 1.35. The molecule has 0 spiro atoms. The van der Waals surface area contributed by atoms with Gasteiger partial charge in [0.15, 0.2) is 0 Å². The summed E-state index contributed by atoms with van der Waals surface area (Å²) in [6, 6.07) is 7.18. The van der Waals surface area contributed by atoms with Crippen molar-refractivity contribution in [1.82, 2.24) is 5.32 Å². The van der Waals surface area contributed by atoms with Crippen molar-refractivity contribution in [2.75, 3.05) is 6.54 Å². The van der Waals surface area contributed by atoms with Crippen LogP contribution in [0.1, 0.15) is 29.3 Å². The Morgan fingerprint density at radius 3 is 2.38 bits per heavy atom. The number of amides is 2. The molecule has 1 rings (SSSR count). The highest BCUT2D eigenvalue weighted by molar-refractivity contribution is 5.94. The van der Waals surface area contributed by atoms with E-state index in [2.05, 4.69) is 5.32 Å². The summed E-state index contributed by atoms with van der Waals surface area (Å²) >= 11 is 0. The molecule has 0 unspecified atom stereocenters. The standard InChI is InChI=1S/C12H16N2O2/c1-2-14-12(16)10-6-3-9(4-7-10)5-8-11(13)15/h3-4,6-7H,2,5,8H2,1H3,(H2,13,15)(H,14,16). The van der Waals surface area contributed by atoms with Crippen LogP contribution < -0.4 is 11.1 Å². The summed E-state index contributed by atoms with van der Waals surface area (Å²) in [7, 11) is 0. The van der Waals surface area contributed by atoms with E-state index in [9.17, 15) is 9.59 Å². The van der Waals surface area contributed by atoms with E-state index in [4.69, 9.17) is 5.73 Å². The van der Waals surface area contributed by atoms with Crippen LogP contribution in [-0.2, 0) is 11.2 Å². The molecular weight excluding hydrogens is 204 g/mol. The van der Waals surface area contributed by atoms with E-state index in [0.29, 0.717) is 24.9 Å². The maximum atomic E-state index is 11.4. The quantitative estimate of drug-likeness (QED) is 0.772. The molecule has 2 amide bonds. The first-order valence-corrected chi connectivity index (χ1v) is 5.29. The zero-order valence-electron chi connectivity index (χ0n) is 9.32. The molecule has 0 aliphatic rings. The first-order chi connectivity index (χ1) is 7.63. The molecule has 0 saturated heterocycles. The molecule has 0 aliphatic carbocycles. The van der Waals surface area contributed by atoms with Crippen LogP contribution in [0.2, 0.25) is 0 Å². The Morgan fingerprint density at radius 2 is 1.88 bits per heavy atom. The number of aryl methyl sites for hydroxylation is 1. The van der Waals surface area contributed by atoms with Crippen LogP contribution in [0.15, 0.2) is 24.3 Å². The number of benzene rings is 1. The molecule has 1 aromatic carbocycles. The summed E-state index contributed by atoms with van der Waals surface area (Å²) < 4.78 is 0. The lowest BCUT2D eigenvalue weighted by Gasteiger charge is -2.03. The van der Waals surface area contributed by atoms with Gasteiger partial charge in [0.1, 0.15) is 0 Å². The van der Waals surface area contributed by atoms with Gasteiger partial charge in [-0.25, -0.2) is 0 Å². The lowest BCUT2D eigenvalue weighted by molar-refractivity contribution is -0.117. The van der Waals surface area contributed by atoms with E-state index in [1.54, 1.807) is 12.1 Å². The molecule has 3 N–H and O–H groups in total. The molecule has 1 aromatic rings. The Bertz CT molecular complexity index is 371. The van der Waals surface area contributed by atoms with Crippen molar-refractivity contribution < 1.29 is 9.59 Å². The van der Waals surface area contributed by atoms with Gasteiger partial charge in [-0.05, 0) is 31.0 Å². The van der Waals surface area contributed by atoms with Crippen LogP contribution in [0.5, 0.6) is 0 Å². The van der Waals surface area contributed by atoms with Gasteiger partial charge in [-0.15, -0.1) is 0 Å². The third-order valence-electron chi connectivity index (χ3n) is 2.21. The molecule has 86 valence electrons. The Balaban J connectivity index is 2.60. The minimum absolute atomic E-state index is 0.0797. The number of primary amides is 1. The zero-order valence-corrected chi connectivity index (χ0v) is 9.32. The molecule has 0 saturated carbocycles. The summed E-state index contributed by atoms with van der Waals surface area (Å²) in [5.74, 6) is -0.392. The van der Waals surface area contributed by atoms with E-state index in [1.807, 2.05) is 19.1 Å². The largest absolute Gasteiger partial charge is 0.370 e. The molecular formula is C12H16N2O2. The highest BCUT2D eigenvalue weighted by Gasteiger charge is 2.03. The molecule has 4 nitrogen and oxygen atoms in total. The van der Waals surface area contributed by atoms with Crippen LogP contribution in [0.3, 0.4) is 0 Å². The number of carbonyl (C=O) groups excluding carboxylic acids is 2. The second-order valence-electron chi connectivity index (χ2n) is 3.52. The highest BCUT2D eigenvalue weighted by Crippen LogP contribution is 2.06. The molecule has 0 atom stereocenters. The molecule has 0 fully saturated rings. The van der Waals surface area contributed by atoms with Gasteiger partial charge in [0, 0.05) is 18.5 Å². The van der Waals surface area contributed by atoms with Crippen molar-refractivity contribution >= 4 is 11.8 Å². The van der Waals surface area contributed by atoms with Crippen LogP contribution in [0.4, 0.5) is 0 Å². The topological polar surface area (TPSA) is 72.2 Å². The molecule has 0 aromatic heterocycles. The monoisotopic (exact) mass is 220 g/mol. The summed E-state index contributed by atoms with van der Waals surface area (Å²) in [6.45, 7) is 2.49. The van der Waals surface area contributed by atoms with Crippen molar-refractivity contribution in [3.05, 3.63) is 35.4 Å². The maximum Gasteiger partial charge on any atom is 0.251 e. The molecule has 16 heavy (non-hydrogen) atoms. The van der Waals surface area contributed by atoms with E-state index in [1.165, 1.54) is 0 Å². The average molecular weight is 220 g/mol. The molecule has 0 bridgehead atoms. The van der Waals surface area contributed by atoms with Gasteiger partial charge >= 0.3 is 0 Å². The molecule has 0 radical (unpaired) electrons. The van der Waals surface area contributed by atoms with Gasteiger partial charge in [-0.2, -0.15) is 0 Å². The fraction of sp³-hybridized carbons (Fsp3) is 0.333. The number of hydrogen-bond donors (Lipinski definition) is 2. The van der Waals surface area contributed by atoms with Crippen LogP contribution >= 0.6 is 0 Å². The zero-order chi connectivity index (χ0) is 12.0.